The Morgan fingerprint density at radius 3 is 2.83 bits per heavy atom. The number of nitrogens with zero attached hydrogens (tertiary/aromatic N) is 2. The zero-order valence-electron chi connectivity index (χ0n) is 11.8. The second-order valence-electron chi connectivity index (χ2n) is 4.65. The highest BCUT2D eigenvalue weighted by molar-refractivity contribution is 9.10. The van der Waals surface area contributed by atoms with Gasteiger partial charge in [-0.3, -0.25) is 0 Å². The van der Waals surface area contributed by atoms with E-state index in [1.807, 2.05) is 24.3 Å². The molecule has 1 aromatic heterocycles. The predicted molar refractivity (Wildman–Crippen MR) is 84.7 cm³/mol. The zero-order chi connectivity index (χ0) is 16.2. The Morgan fingerprint density at radius 1 is 1.22 bits per heavy atom. The summed E-state index contributed by atoms with van der Waals surface area (Å²) in [7, 11) is 0. The van der Waals surface area contributed by atoms with E-state index >= 15 is 0 Å². The van der Waals surface area contributed by atoms with Gasteiger partial charge in [0.05, 0.1) is 5.56 Å². The number of phenols is 1. The van der Waals surface area contributed by atoms with Gasteiger partial charge in [-0.25, -0.2) is 4.79 Å². The van der Waals surface area contributed by atoms with Gasteiger partial charge < -0.3 is 14.4 Å². The van der Waals surface area contributed by atoms with Gasteiger partial charge in [0, 0.05) is 10.0 Å². The van der Waals surface area contributed by atoms with Gasteiger partial charge in [-0.05, 0) is 30.3 Å². The molecule has 0 aliphatic rings. The molecule has 0 saturated heterocycles. The van der Waals surface area contributed by atoms with Crippen molar-refractivity contribution in [2.45, 2.75) is 6.61 Å². The van der Waals surface area contributed by atoms with E-state index in [1.54, 1.807) is 12.1 Å². The van der Waals surface area contributed by atoms with Crippen LogP contribution in [-0.4, -0.2) is 21.2 Å². The largest absolute Gasteiger partial charge is 0.508 e. The van der Waals surface area contributed by atoms with E-state index in [0.717, 1.165) is 10.0 Å². The molecule has 0 unspecified atom stereocenters. The molecule has 3 rings (SSSR count). The lowest BCUT2D eigenvalue weighted by atomic mass is 10.2. The number of halogens is 1. The SMILES string of the molecule is O=C(OCc1nc(-c2cccc(Br)c2)no1)c1cccc(O)c1. The zero-order valence-corrected chi connectivity index (χ0v) is 13.4. The Hall–Kier alpha value is -2.67. The fourth-order valence-electron chi connectivity index (χ4n) is 1.90. The quantitative estimate of drug-likeness (QED) is 0.702. The van der Waals surface area contributed by atoms with Crippen LogP contribution in [0.15, 0.2) is 57.5 Å². The molecule has 0 bridgehead atoms. The highest BCUT2D eigenvalue weighted by atomic mass is 79.9. The molecule has 2 aromatic carbocycles. The third kappa shape index (κ3) is 3.75. The molecule has 0 aliphatic heterocycles. The highest BCUT2D eigenvalue weighted by Crippen LogP contribution is 2.20. The first-order valence-electron chi connectivity index (χ1n) is 6.66. The number of esters is 1. The maximum atomic E-state index is 11.9. The van der Waals surface area contributed by atoms with Crippen LogP contribution in [0.2, 0.25) is 0 Å². The Bertz CT molecular complexity index is 847. The molecule has 7 heteroatoms. The van der Waals surface area contributed by atoms with E-state index in [1.165, 1.54) is 12.1 Å². The standard InChI is InChI=1S/C16H11BrN2O4/c17-12-5-1-3-10(7-12)15-18-14(23-19-15)9-22-16(21)11-4-2-6-13(20)8-11/h1-8,20H,9H2. The van der Waals surface area contributed by atoms with Gasteiger partial charge in [-0.15, -0.1) is 0 Å². The summed E-state index contributed by atoms with van der Waals surface area (Å²) in [6, 6.07) is 13.3. The van der Waals surface area contributed by atoms with Crippen LogP contribution in [0, 0.1) is 0 Å². The smallest absolute Gasteiger partial charge is 0.338 e. The van der Waals surface area contributed by atoms with Crippen molar-refractivity contribution in [3.63, 3.8) is 0 Å². The number of aromatic hydroxyl groups is 1. The van der Waals surface area contributed by atoms with Crippen molar-refractivity contribution in [3.8, 4) is 17.1 Å². The molecule has 0 aliphatic carbocycles. The summed E-state index contributed by atoms with van der Waals surface area (Å²) >= 11 is 3.37. The van der Waals surface area contributed by atoms with E-state index in [2.05, 4.69) is 26.1 Å². The molecule has 23 heavy (non-hydrogen) atoms. The van der Waals surface area contributed by atoms with E-state index in [9.17, 15) is 9.90 Å². The maximum Gasteiger partial charge on any atom is 0.338 e. The molecular formula is C16H11BrN2O4. The second kappa shape index (κ2) is 6.62. The number of rotatable bonds is 4. The lowest BCUT2D eigenvalue weighted by molar-refractivity contribution is 0.0429. The lowest BCUT2D eigenvalue weighted by Crippen LogP contribution is -2.05. The van der Waals surface area contributed by atoms with Crippen LogP contribution in [0.5, 0.6) is 5.75 Å². The number of ether oxygens (including phenoxy) is 1. The molecule has 1 heterocycles. The van der Waals surface area contributed by atoms with Crippen LogP contribution in [-0.2, 0) is 11.3 Å². The molecule has 0 fully saturated rings. The van der Waals surface area contributed by atoms with Gasteiger partial charge in [0.2, 0.25) is 5.82 Å². The number of benzene rings is 2. The monoisotopic (exact) mass is 374 g/mol. The summed E-state index contributed by atoms with van der Waals surface area (Å²) < 4.78 is 11.1. The van der Waals surface area contributed by atoms with Crippen molar-refractivity contribution < 1.29 is 19.2 Å². The van der Waals surface area contributed by atoms with Gasteiger partial charge in [0.1, 0.15) is 5.75 Å². The first-order chi connectivity index (χ1) is 11.1. The molecule has 116 valence electrons. The fraction of sp³-hybridized carbons (Fsp3) is 0.0625. The van der Waals surface area contributed by atoms with Gasteiger partial charge in [0.25, 0.3) is 5.89 Å². The number of hydrogen-bond donors (Lipinski definition) is 1. The minimum absolute atomic E-state index is 0.00539. The third-order valence-corrected chi connectivity index (χ3v) is 3.45. The maximum absolute atomic E-state index is 11.9. The number of phenolic OH excluding ortho intramolecular Hbond substituents is 1. The number of carbonyl (C=O) groups is 1. The summed E-state index contributed by atoms with van der Waals surface area (Å²) in [5.41, 5.74) is 1.03. The van der Waals surface area contributed by atoms with E-state index in [4.69, 9.17) is 9.26 Å². The first kappa shape index (κ1) is 15.2. The van der Waals surface area contributed by atoms with Crippen molar-refractivity contribution in [2.24, 2.45) is 0 Å². The average molecular weight is 375 g/mol. The topological polar surface area (TPSA) is 85.5 Å². The summed E-state index contributed by atoms with van der Waals surface area (Å²) in [4.78, 5) is 16.0. The molecule has 0 spiro atoms. The summed E-state index contributed by atoms with van der Waals surface area (Å²) in [6.45, 7) is -0.143. The molecule has 0 atom stereocenters. The number of hydrogen-bond acceptors (Lipinski definition) is 6. The average Bonchev–Trinajstić information content (AvgIpc) is 3.01. The van der Waals surface area contributed by atoms with Gasteiger partial charge in [-0.2, -0.15) is 4.98 Å². The van der Waals surface area contributed by atoms with E-state index in [-0.39, 0.29) is 23.8 Å². The molecule has 3 aromatic rings. The Morgan fingerprint density at radius 2 is 2.04 bits per heavy atom. The third-order valence-electron chi connectivity index (χ3n) is 2.96. The Balaban J connectivity index is 1.67. The number of aromatic nitrogens is 2. The minimum Gasteiger partial charge on any atom is -0.508 e. The molecule has 0 saturated carbocycles. The van der Waals surface area contributed by atoms with Gasteiger partial charge in [0.15, 0.2) is 6.61 Å². The summed E-state index contributed by atoms with van der Waals surface area (Å²) in [6.07, 6.45) is 0. The molecule has 0 radical (unpaired) electrons. The van der Waals surface area contributed by atoms with Crippen molar-refractivity contribution in [1.29, 1.82) is 0 Å². The van der Waals surface area contributed by atoms with Gasteiger partial charge >= 0.3 is 5.97 Å². The van der Waals surface area contributed by atoms with Crippen LogP contribution in [0.4, 0.5) is 0 Å². The van der Waals surface area contributed by atoms with E-state index in [0.29, 0.717) is 5.82 Å². The van der Waals surface area contributed by atoms with Crippen LogP contribution in [0.3, 0.4) is 0 Å². The molecule has 1 N–H and O–H groups in total. The van der Waals surface area contributed by atoms with Crippen molar-refractivity contribution >= 4 is 21.9 Å². The number of carbonyl (C=O) groups excluding carboxylic acids is 1. The van der Waals surface area contributed by atoms with Crippen molar-refractivity contribution in [3.05, 3.63) is 64.5 Å². The first-order valence-corrected chi connectivity index (χ1v) is 7.46. The predicted octanol–water partition coefficient (Wildman–Crippen LogP) is 3.56. The minimum atomic E-state index is -0.580. The summed E-state index contributed by atoms with van der Waals surface area (Å²) in [5, 5.41) is 13.2. The van der Waals surface area contributed by atoms with Crippen LogP contribution >= 0.6 is 15.9 Å². The fourth-order valence-corrected chi connectivity index (χ4v) is 2.30. The van der Waals surface area contributed by atoms with Crippen molar-refractivity contribution in [1.82, 2.24) is 10.1 Å². The second-order valence-corrected chi connectivity index (χ2v) is 5.56. The molecular weight excluding hydrogens is 364 g/mol. The normalized spacial score (nSPS) is 10.5. The highest BCUT2D eigenvalue weighted by Gasteiger charge is 2.13. The van der Waals surface area contributed by atoms with Crippen LogP contribution < -0.4 is 0 Å². The van der Waals surface area contributed by atoms with Crippen LogP contribution in [0.25, 0.3) is 11.4 Å². The molecule has 0 amide bonds. The Labute approximate surface area is 139 Å². The molecule has 6 nitrogen and oxygen atoms in total. The summed E-state index contributed by atoms with van der Waals surface area (Å²) in [5.74, 6) is 0.0143. The van der Waals surface area contributed by atoms with Crippen molar-refractivity contribution in [2.75, 3.05) is 0 Å². The Kier molecular flexibility index (Phi) is 4.38. The van der Waals surface area contributed by atoms with E-state index < -0.39 is 5.97 Å². The lowest BCUT2D eigenvalue weighted by Gasteiger charge is -2.01. The van der Waals surface area contributed by atoms with Crippen LogP contribution in [0.1, 0.15) is 16.2 Å². The van der Waals surface area contributed by atoms with Gasteiger partial charge in [-0.1, -0.05) is 39.3 Å².